The van der Waals surface area contributed by atoms with Crippen molar-refractivity contribution in [2.45, 2.75) is 11.3 Å². The predicted molar refractivity (Wildman–Crippen MR) is 100 cm³/mol. The van der Waals surface area contributed by atoms with Crippen molar-refractivity contribution in [3.8, 4) is 0 Å². The summed E-state index contributed by atoms with van der Waals surface area (Å²) in [5.41, 5.74) is 1.51. The zero-order chi connectivity index (χ0) is 19.8. The number of hydrogen-bond donors (Lipinski definition) is 2. The predicted octanol–water partition coefficient (Wildman–Crippen LogP) is 1.90. The number of carbonyl (C=O) groups is 1. The van der Waals surface area contributed by atoms with E-state index >= 15 is 0 Å². The highest BCUT2D eigenvalue weighted by Crippen LogP contribution is 2.30. The highest BCUT2D eigenvalue weighted by atomic mass is 35.5. The number of fused-ring (bicyclic) bond motifs is 1. The Labute approximate surface area is 159 Å². The number of nitro groups is 1. The molecule has 0 saturated carbocycles. The summed E-state index contributed by atoms with van der Waals surface area (Å²) in [7, 11) is -3.78. The first-order valence-electron chi connectivity index (χ1n) is 7.79. The third kappa shape index (κ3) is 4.18. The second kappa shape index (κ2) is 7.14. The van der Waals surface area contributed by atoms with Crippen LogP contribution in [0.4, 0.5) is 17.1 Å². The Hall–Kier alpha value is -2.69. The molecule has 11 heteroatoms. The Morgan fingerprint density at radius 2 is 2.04 bits per heavy atom. The quantitative estimate of drug-likeness (QED) is 0.570. The summed E-state index contributed by atoms with van der Waals surface area (Å²) in [6, 6.07) is 8.52. The van der Waals surface area contributed by atoms with E-state index in [1.807, 2.05) is 0 Å². The third-order valence-corrected chi connectivity index (χ3v) is 5.36. The van der Waals surface area contributed by atoms with Crippen LogP contribution < -0.4 is 15.4 Å². The Morgan fingerprint density at radius 3 is 2.70 bits per heavy atom. The Kier molecular flexibility index (Phi) is 5.05. The molecule has 0 aromatic heterocycles. The van der Waals surface area contributed by atoms with E-state index in [9.17, 15) is 23.3 Å². The number of sulfonamides is 1. The topological polar surface area (TPSA) is 136 Å². The van der Waals surface area contributed by atoms with Crippen molar-refractivity contribution in [3.63, 3.8) is 0 Å². The first kappa shape index (κ1) is 19.1. The molecule has 0 unspecified atom stereocenters. The van der Waals surface area contributed by atoms with Gasteiger partial charge in [-0.15, -0.1) is 0 Å². The van der Waals surface area contributed by atoms with E-state index in [-0.39, 0.29) is 33.7 Å². The van der Waals surface area contributed by atoms with E-state index in [4.69, 9.17) is 16.7 Å². The fourth-order valence-corrected chi connectivity index (χ4v) is 3.64. The normalized spacial score (nSPS) is 13.3. The molecule has 27 heavy (non-hydrogen) atoms. The van der Waals surface area contributed by atoms with Gasteiger partial charge in [0.1, 0.15) is 5.02 Å². The number of nitrogens with two attached hydrogens (primary N) is 1. The van der Waals surface area contributed by atoms with Crippen molar-refractivity contribution in [2.24, 2.45) is 5.14 Å². The molecule has 0 saturated heterocycles. The van der Waals surface area contributed by atoms with Crippen LogP contribution in [-0.4, -0.2) is 32.3 Å². The van der Waals surface area contributed by atoms with E-state index in [1.165, 1.54) is 30.3 Å². The van der Waals surface area contributed by atoms with Gasteiger partial charge in [-0.1, -0.05) is 11.6 Å². The molecular formula is C16H15ClN4O5S. The molecule has 9 nitrogen and oxygen atoms in total. The standard InChI is InChI=1S/C16H15ClN4O5S/c17-13-3-1-11(8-15(13)21(23)24)19-16(22)9-20-6-5-10-7-12(27(18,25)26)2-4-14(10)20/h1-4,7-8H,5-6,9H2,(H,19,22)(H2,18,25,26). The molecule has 0 spiro atoms. The van der Waals surface area contributed by atoms with Gasteiger partial charge in [0, 0.05) is 24.0 Å². The number of nitro benzene ring substituents is 1. The van der Waals surface area contributed by atoms with Gasteiger partial charge >= 0.3 is 0 Å². The van der Waals surface area contributed by atoms with E-state index in [1.54, 1.807) is 11.0 Å². The van der Waals surface area contributed by atoms with Gasteiger partial charge in [-0.05, 0) is 42.3 Å². The van der Waals surface area contributed by atoms with Gasteiger partial charge in [0.25, 0.3) is 5.69 Å². The summed E-state index contributed by atoms with van der Waals surface area (Å²) in [5, 5.41) is 18.6. The fraction of sp³-hybridized carbons (Fsp3) is 0.188. The zero-order valence-electron chi connectivity index (χ0n) is 13.9. The van der Waals surface area contributed by atoms with Crippen molar-refractivity contribution in [1.82, 2.24) is 0 Å². The minimum atomic E-state index is -3.78. The number of primary sulfonamides is 1. The van der Waals surface area contributed by atoms with E-state index in [0.29, 0.717) is 13.0 Å². The van der Waals surface area contributed by atoms with Crippen molar-refractivity contribution in [2.75, 3.05) is 23.3 Å². The van der Waals surface area contributed by atoms with Crippen molar-refractivity contribution >= 4 is 44.6 Å². The Bertz CT molecular complexity index is 1040. The molecule has 0 bridgehead atoms. The Morgan fingerprint density at radius 1 is 1.30 bits per heavy atom. The largest absolute Gasteiger partial charge is 0.362 e. The number of nitrogens with one attached hydrogen (secondary N) is 1. The third-order valence-electron chi connectivity index (χ3n) is 4.13. The van der Waals surface area contributed by atoms with Gasteiger partial charge in [0.15, 0.2) is 0 Å². The van der Waals surface area contributed by atoms with Crippen LogP contribution in [0.5, 0.6) is 0 Å². The number of carbonyl (C=O) groups excluding carboxylic acids is 1. The number of rotatable bonds is 5. The van der Waals surface area contributed by atoms with E-state index in [0.717, 1.165) is 11.3 Å². The summed E-state index contributed by atoms with van der Waals surface area (Å²) in [4.78, 5) is 24.4. The Balaban J connectivity index is 1.72. The van der Waals surface area contributed by atoms with Crippen molar-refractivity contribution in [3.05, 3.63) is 57.1 Å². The molecule has 0 aliphatic carbocycles. The number of halogens is 1. The summed E-state index contributed by atoms with van der Waals surface area (Å²) >= 11 is 5.75. The smallest absolute Gasteiger partial charge is 0.289 e. The van der Waals surface area contributed by atoms with Crippen LogP contribution in [0, 0.1) is 10.1 Å². The lowest BCUT2D eigenvalue weighted by molar-refractivity contribution is -0.384. The first-order valence-corrected chi connectivity index (χ1v) is 9.72. The van der Waals surface area contributed by atoms with Gasteiger partial charge in [-0.3, -0.25) is 14.9 Å². The molecule has 2 aromatic carbocycles. The minimum absolute atomic E-state index is 0.0120. The number of nitrogens with zero attached hydrogens (tertiary/aromatic N) is 2. The summed E-state index contributed by atoms with van der Waals surface area (Å²) in [6.07, 6.45) is 0.582. The molecule has 3 N–H and O–H groups in total. The summed E-state index contributed by atoms with van der Waals surface area (Å²) in [6.45, 7) is 0.551. The van der Waals surface area contributed by atoms with Gasteiger partial charge in [-0.2, -0.15) is 0 Å². The highest BCUT2D eigenvalue weighted by molar-refractivity contribution is 7.89. The SMILES string of the molecule is NS(=O)(=O)c1ccc2c(c1)CCN2CC(=O)Nc1ccc(Cl)c([N+](=O)[O-])c1. The van der Waals surface area contributed by atoms with Crippen LogP contribution in [0.25, 0.3) is 0 Å². The number of anilines is 2. The van der Waals surface area contributed by atoms with Crippen LogP contribution in [0.3, 0.4) is 0 Å². The molecule has 0 radical (unpaired) electrons. The fourth-order valence-electron chi connectivity index (χ4n) is 2.89. The van der Waals surface area contributed by atoms with Crippen LogP contribution in [0.15, 0.2) is 41.3 Å². The van der Waals surface area contributed by atoms with E-state index < -0.39 is 14.9 Å². The molecule has 142 valence electrons. The molecular weight excluding hydrogens is 396 g/mol. The average molecular weight is 411 g/mol. The molecule has 0 fully saturated rings. The maximum Gasteiger partial charge on any atom is 0.289 e. The number of hydrogen-bond acceptors (Lipinski definition) is 6. The zero-order valence-corrected chi connectivity index (χ0v) is 15.5. The van der Waals surface area contributed by atoms with Gasteiger partial charge in [0.2, 0.25) is 15.9 Å². The summed E-state index contributed by atoms with van der Waals surface area (Å²) in [5.74, 6) is -0.366. The first-order chi connectivity index (χ1) is 12.6. The lowest BCUT2D eigenvalue weighted by atomic mass is 10.2. The van der Waals surface area contributed by atoms with E-state index in [2.05, 4.69) is 5.32 Å². The maximum atomic E-state index is 12.3. The minimum Gasteiger partial charge on any atom is -0.362 e. The van der Waals surface area contributed by atoms with Crippen LogP contribution >= 0.6 is 11.6 Å². The lowest BCUT2D eigenvalue weighted by Gasteiger charge is -2.19. The maximum absolute atomic E-state index is 12.3. The average Bonchev–Trinajstić information content (AvgIpc) is 2.97. The second-order valence-corrected chi connectivity index (χ2v) is 7.95. The number of benzene rings is 2. The van der Waals surface area contributed by atoms with Crippen molar-refractivity contribution < 1.29 is 18.1 Å². The molecule has 3 rings (SSSR count). The van der Waals surface area contributed by atoms with Gasteiger partial charge in [0.05, 0.1) is 16.4 Å². The van der Waals surface area contributed by atoms with Crippen LogP contribution in [0.2, 0.25) is 5.02 Å². The van der Waals surface area contributed by atoms with Crippen LogP contribution in [-0.2, 0) is 21.2 Å². The second-order valence-electron chi connectivity index (χ2n) is 5.98. The number of amides is 1. The van der Waals surface area contributed by atoms with Gasteiger partial charge in [-0.25, -0.2) is 13.6 Å². The highest BCUT2D eigenvalue weighted by Gasteiger charge is 2.23. The molecule has 0 atom stereocenters. The van der Waals surface area contributed by atoms with Crippen LogP contribution in [0.1, 0.15) is 5.56 Å². The monoisotopic (exact) mass is 410 g/mol. The molecule has 1 heterocycles. The molecule has 1 amide bonds. The summed E-state index contributed by atoms with van der Waals surface area (Å²) < 4.78 is 22.9. The molecule has 1 aliphatic heterocycles. The lowest BCUT2D eigenvalue weighted by Crippen LogP contribution is -2.31. The van der Waals surface area contributed by atoms with Gasteiger partial charge < -0.3 is 10.2 Å². The molecule has 1 aliphatic rings. The molecule has 2 aromatic rings. The van der Waals surface area contributed by atoms with Crippen molar-refractivity contribution in [1.29, 1.82) is 0 Å².